The van der Waals surface area contributed by atoms with E-state index in [2.05, 4.69) is 15.5 Å². The highest BCUT2D eigenvalue weighted by atomic mass is 16.1. The largest absolute Gasteiger partial charge is 0.394 e. The molecule has 4 aromatic rings. The summed E-state index contributed by atoms with van der Waals surface area (Å²) in [7, 11) is 5.69. The standard InChI is InChI=1S/C25H27N9O2/c1-33(2)14-6-9-19(35)28-15-10-12-16(13-11-15)29-22(20-21(26)25(36)32-31-23(20)27)24-30-17-7-4-5-8-18(17)34(24)3/h4-13H,14H2,1-3H3,(H,28,35)(H,32,36)(H4,26,27,31)/b9-6+,29-22?. The fourth-order valence-electron chi connectivity index (χ4n) is 3.61. The van der Waals surface area contributed by atoms with Crippen LogP contribution in [0, 0.1) is 0 Å². The normalized spacial score (nSPS) is 12.1. The number of fused-ring (bicyclic) bond motifs is 1. The van der Waals surface area contributed by atoms with Crippen LogP contribution in [0.15, 0.2) is 70.5 Å². The summed E-state index contributed by atoms with van der Waals surface area (Å²) in [4.78, 5) is 35.8. The lowest BCUT2D eigenvalue weighted by Gasteiger charge is -2.11. The predicted octanol–water partition coefficient (Wildman–Crippen LogP) is 2.05. The van der Waals surface area contributed by atoms with Gasteiger partial charge < -0.3 is 26.3 Å². The molecular weight excluding hydrogens is 458 g/mol. The molecule has 0 aliphatic heterocycles. The zero-order chi connectivity index (χ0) is 25.8. The molecule has 0 unspecified atom stereocenters. The number of aryl methyl sites for hydroxylation is 1. The quantitative estimate of drug-likeness (QED) is 0.230. The van der Waals surface area contributed by atoms with E-state index in [-0.39, 0.29) is 23.0 Å². The van der Waals surface area contributed by atoms with Gasteiger partial charge in [-0.25, -0.2) is 15.1 Å². The molecule has 0 aliphatic carbocycles. The molecule has 0 spiro atoms. The highest BCUT2D eigenvalue weighted by Crippen LogP contribution is 2.25. The summed E-state index contributed by atoms with van der Waals surface area (Å²) in [6, 6.07) is 14.5. The number of likely N-dealkylation sites (N-methyl/N-ethyl adjacent to an activating group) is 1. The van der Waals surface area contributed by atoms with E-state index in [0.717, 1.165) is 11.0 Å². The van der Waals surface area contributed by atoms with Crippen molar-refractivity contribution in [1.82, 2.24) is 24.6 Å². The minimum absolute atomic E-state index is 0.0197. The van der Waals surface area contributed by atoms with Crippen molar-refractivity contribution in [3.05, 3.63) is 82.4 Å². The molecule has 0 fully saturated rings. The fraction of sp³-hybridized carbons (Fsp3) is 0.160. The van der Waals surface area contributed by atoms with Gasteiger partial charge in [0.1, 0.15) is 11.4 Å². The Morgan fingerprint density at radius 3 is 2.58 bits per heavy atom. The number of aromatic nitrogens is 4. The highest BCUT2D eigenvalue weighted by Gasteiger charge is 2.22. The molecule has 2 heterocycles. The molecule has 184 valence electrons. The number of H-pyrrole nitrogens is 1. The lowest BCUT2D eigenvalue weighted by Crippen LogP contribution is -2.23. The van der Waals surface area contributed by atoms with Crippen molar-refractivity contribution in [1.29, 1.82) is 0 Å². The van der Waals surface area contributed by atoms with E-state index in [1.54, 1.807) is 30.3 Å². The Kier molecular flexibility index (Phi) is 6.93. The van der Waals surface area contributed by atoms with Crippen molar-refractivity contribution in [3.63, 3.8) is 0 Å². The topological polar surface area (TPSA) is 160 Å². The molecule has 6 N–H and O–H groups in total. The molecule has 0 saturated carbocycles. The summed E-state index contributed by atoms with van der Waals surface area (Å²) in [5.41, 5.74) is 14.8. The zero-order valence-electron chi connectivity index (χ0n) is 20.2. The monoisotopic (exact) mass is 485 g/mol. The molecule has 1 amide bonds. The Balaban J connectivity index is 1.75. The summed E-state index contributed by atoms with van der Waals surface area (Å²) in [5.74, 6) is 0.250. The van der Waals surface area contributed by atoms with E-state index >= 15 is 0 Å². The highest BCUT2D eigenvalue weighted by molar-refractivity contribution is 6.18. The number of rotatable bonds is 7. The second-order valence-electron chi connectivity index (χ2n) is 8.37. The number of benzene rings is 2. The predicted molar refractivity (Wildman–Crippen MR) is 142 cm³/mol. The summed E-state index contributed by atoms with van der Waals surface area (Å²) in [5, 5.41) is 8.97. The van der Waals surface area contributed by atoms with Crippen LogP contribution in [0.1, 0.15) is 11.4 Å². The van der Waals surface area contributed by atoms with E-state index in [1.807, 2.05) is 54.9 Å². The summed E-state index contributed by atoms with van der Waals surface area (Å²) in [6.45, 7) is 0.662. The minimum atomic E-state index is -0.578. The van der Waals surface area contributed by atoms with Gasteiger partial charge in [-0.1, -0.05) is 18.2 Å². The third-order valence-corrected chi connectivity index (χ3v) is 5.40. The molecular formula is C25H27N9O2. The number of hydrogen-bond acceptors (Lipinski definition) is 8. The lowest BCUT2D eigenvalue weighted by atomic mass is 10.1. The van der Waals surface area contributed by atoms with E-state index in [9.17, 15) is 9.59 Å². The van der Waals surface area contributed by atoms with Crippen molar-refractivity contribution in [3.8, 4) is 0 Å². The van der Waals surface area contributed by atoms with E-state index < -0.39 is 5.56 Å². The van der Waals surface area contributed by atoms with Gasteiger partial charge in [0.25, 0.3) is 5.56 Å². The fourth-order valence-corrected chi connectivity index (χ4v) is 3.61. The first kappa shape index (κ1) is 24.4. The average molecular weight is 486 g/mol. The number of aromatic amines is 1. The van der Waals surface area contributed by atoms with Crippen LogP contribution in [0.25, 0.3) is 11.0 Å². The Morgan fingerprint density at radius 2 is 1.89 bits per heavy atom. The number of nitrogen functional groups attached to an aromatic ring is 2. The third-order valence-electron chi connectivity index (χ3n) is 5.40. The van der Waals surface area contributed by atoms with Crippen molar-refractivity contribution < 1.29 is 4.79 Å². The number of imidazole rings is 1. The molecule has 0 radical (unpaired) electrons. The van der Waals surface area contributed by atoms with Crippen molar-refractivity contribution in [2.75, 3.05) is 37.4 Å². The molecule has 0 saturated heterocycles. The van der Waals surface area contributed by atoms with Gasteiger partial charge in [-0.3, -0.25) is 9.59 Å². The maximum absolute atomic E-state index is 12.3. The van der Waals surface area contributed by atoms with E-state index in [0.29, 0.717) is 29.5 Å². The molecule has 36 heavy (non-hydrogen) atoms. The summed E-state index contributed by atoms with van der Waals surface area (Å²) < 4.78 is 1.85. The van der Waals surface area contributed by atoms with Gasteiger partial charge in [0, 0.05) is 25.4 Å². The van der Waals surface area contributed by atoms with Gasteiger partial charge in [-0.2, -0.15) is 5.10 Å². The maximum Gasteiger partial charge on any atom is 0.288 e. The minimum Gasteiger partial charge on any atom is -0.394 e. The van der Waals surface area contributed by atoms with Crippen molar-refractivity contribution in [2.24, 2.45) is 12.0 Å². The van der Waals surface area contributed by atoms with E-state index in [1.165, 1.54) is 6.08 Å². The van der Waals surface area contributed by atoms with Crippen molar-refractivity contribution in [2.45, 2.75) is 0 Å². The maximum atomic E-state index is 12.3. The van der Waals surface area contributed by atoms with Crippen LogP contribution in [0.4, 0.5) is 22.9 Å². The second-order valence-corrected chi connectivity index (χ2v) is 8.37. The third kappa shape index (κ3) is 5.15. The van der Waals surface area contributed by atoms with Gasteiger partial charge in [0.15, 0.2) is 11.6 Å². The van der Waals surface area contributed by atoms with Gasteiger partial charge in [0.05, 0.1) is 22.3 Å². The molecule has 0 atom stereocenters. The molecule has 11 heteroatoms. The van der Waals surface area contributed by atoms with Crippen LogP contribution in [0.5, 0.6) is 0 Å². The van der Waals surface area contributed by atoms with Gasteiger partial charge in [-0.15, -0.1) is 0 Å². The van der Waals surface area contributed by atoms with Gasteiger partial charge in [-0.05, 0) is 50.5 Å². The molecule has 4 rings (SSSR count). The summed E-state index contributed by atoms with van der Waals surface area (Å²) in [6.07, 6.45) is 3.27. The number of nitrogens with one attached hydrogen (secondary N) is 2. The molecule has 2 aromatic carbocycles. The first-order chi connectivity index (χ1) is 17.2. The van der Waals surface area contributed by atoms with Crippen molar-refractivity contribution >= 4 is 45.5 Å². The molecule has 0 aliphatic rings. The number of carbonyl (C=O) groups excluding carboxylic acids is 1. The number of aliphatic imine (C=N–C) groups is 1. The van der Waals surface area contributed by atoms with Gasteiger partial charge in [0.2, 0.25) is 5.91 Å². The smallest absolute Gasteiger partial charge is 0.288 e. The Morgan fingerprint density at radius 1 is 1.17 bits per heavy atom. The first-order valence-electron chi connectivity index (χ1n) is 11.1. The Bertz CT molecular complexity index is 1530. The number of para-hydroxylation sites is 2. The zero-order valence-corrected chi connectivity index (χ0v) is 20.2. The lowest BCUT2D eigenvalue weighted by molar-refractivity contribution is -0.111. The number of anilines is 3. The van der Waals surface area contributed by atoms with Gasteiger partial charge >= 0.3 is 0 Å². The van der Waals surface area contributed by atoms with Crippen LogP contribution >= 0.6 is 0 Å². The van der Waals surface area contributed by atoms with Crippen LogP contribution in [-0.4, -0.2) is 56.9 Å². The number of nitrogens with two attached hydrogens (primary N) is 2. The number of carbonyl (C=O) groups is 1. The first-order valence-corrected chi connectivity index (χ1v) is 11.1. The number of nitrogens with zero attached hydrogens (tertiary/aromatic N) is 5. The number of amides is 1. The van der Waals surface area contributed by atoms with Crippen LogP contribution < -0.4 is 22.3 Å². The Hall–Kier alpha value is -4.77. The average Bonchev–Trinajstić information content (AvgIpc) is 3.18. The van der Waals surface area contributed by atoms with Crippen LogP contribution in [0.2, 0.25) is 0 Å². The SMILES string of the molecule is CN(C)C/C=C/C(=O)Nc1ccc(N=C(c2c(N)n[nH]c(=O)c2N)c2nc3ccccc3n2C)cc1. The second kappa shape index (κ2) is 10.2. The Labute approximate surface area is 207 Å². The molecule has 11 nitrogen and oxygen atoms in total. The number of hydrogen-bond donors (Lipinski definition) is 4. The van der Waals surface area contributed by atoms with Crippen LogP contribution in [0.3, 0.4) is 0 Å². The van der Waals surface area contributed by atoms with E-state index in [4.69, 9.17) is 21.4 Å². The van der Waals surface area contributed by atoms with Crippen LogP contribution in [-0.2, 0) is 11.8 Å². The molecule has 2 aromatic heterocycles. The summed E-state index contributed by atoms with van der Waals surface area (Å²) >= 11 is 0. The molecule has 0 bridgehead atoms.